The number of hydrogen-bond donors (Lipinski definition) is 1. The van der Waals surface area contributed by atoms with Crippen LogP contribution in [0.5, 0.6) is 5.75 Å². The minimum Gasteiger partial charge on any atom is -0.496 e. The summed E-state index contributed by atoms with van der Waals surface area (Å²) in [6.07, 6.45) is 0. The molecule has 0 radical (unpaired) electrons. The van der Waals surface area contributed by atoms with Crippen molar-refractivity contribution in [3.63, 3.8) is 0 Å². The van der Waals surface area contributed by atoms with Crippen LogP contribution in [0.25, 0.3) is 10.9 Å². The number of nitrogens with zero attached hydrogens (tertiary/aromatic N) is 3. The third-order valence-corrected chi connectivity index (χ3v) is 7.60. The van der Waals surface area contributed by atoms with Crippen LogP contribution in [0.1, 0.15) is 70.8 Å². The second-order valence-electron chi connectivity index (χ2n) is 10.2. The average molecular weight is 471 g/mol. The van der Waals surface area contributed by atoms with Crippen molar-refractivity contribution in [1.29, 1.82) is 5.26 Å². The summed E-state index contributed by atoms with van der Waals surface area (Å²) in [5.74, 6) is 0.251. The Morgan fingerprint density at radius 3 is 2.49 bits per heavy atom. The van der Waals surface area contributed by atoms with Gasteiger partial charge in [0.1, 0.15) is 5.75 Å². The van der Waals surface area contributed by atoms with Gasteiger partial charge in [0.25, 0.3) is 5.91 Å². The number of aromatic nitrogens is 1. The van der Waals surface area contributed by atoms with Gasteiger partial charge < -0.3 is 14.6 Å². The fraction of sp³-hybridized carbons (Fsp3) is 0.393. The van der Waals surface area contributed by atoms with E-state index in [4.69, 9.17) is 4.74 Å². The van der Waals surface area contributed by atoms with E-state index < -0.39 is 5.41 Å². The molecule has 1 amide bonds. The summed E-state index contributed by atoms with van der Waals surface area (Å²) in [6, 6.07) is 11.5. The fourth-order valence-corrected chi connectivity index (χ4v) is 5.47. The first kappa shape index (κ1) is 23.1. The standard InChI is InChI=1S/C28H30N4O3/c1-16(2)31-8-10-32(11-9-31)27(34)20-13-19-21(14-23(20)35-5)28(3,4)26-24(25(19)33)18-7-6-17(15-29)12-22(18)30-26/h6-7,12-14,16,30H,8-11H2,1-5H3. The molecule has 1 fully saturated rings. The zero-order chi connectivity index (χ0) is 25.1. The van der Waals surface area contributed by atoms with Crippen LogP contribution in [0.2, 0.25) is 0 Å². The van der Waals surface area contributed by atoms with Gasteiger partial charge in [-0.2, -0.15) is 5.26 Å². The molecule has 35 heavy (non-hydrogen) atoms. The minimum absolute atomic E-state index is 0.109. The lowest BCUT2D eigenvalue weighted by Crippen LogP contribution is -2.50. The van der Waals surface area contributed by atoms with Crippen molar-refractivity contribution < 1.29 is 14.3 Å². The van der Waals surface area contributed by atoms with Gasteiger partial charge in [0.05, 0.1) is 29.9 Å². The van der Waals surface area contributed by atoms with Crippen molar-refractivity contribution >= 4 is 22.6 Å². The molecule has 7 nitrogen and oxygen atoms in total. The molecule has 1 aromatic heterocycles. The first-order valence-corrected chi connectivity index (χ1v) is 12.0. The highest BCUT2D eigenvalue weighted by atomic mass is 16.5. The lowest BCUT2D eigenvalue weighted by Gasteiger charge is -2.37. The number of ether oxygens (including phenoxy) is 1. The van der Waals surface area contributed by atoms with E-state index in [1.165, 1.54) is 0 Å². The number of carbonyl (C=O) groups excluding carboxylic acids is 2. The van der Waals surface area contributed by atoms with Gasteiger partial charge in [0, 0.05) is 59.8 Å². The summed E-state index contributed by atoms with van der Waals surface area (Å²) < 4.78 is 5.67. The van der Waals surface area contributed by atoms with Crippen molar-refractivity contribution in [3.8, 4) is 11.8 Å². The van der Waals surface area contributed by atoms with E-state index in [1.807, 2.05) is 17.0 Å². The topological polar surface area (TPSA) is 89.4 Å². The molecule has 3 aromatic rings. The van der Waals surface area contributed by atoms with Crippen LogP contribution >= 0.6 is 0 Å². The number of nitrogens with one attached hydrogen (secondary N) is 1. The molecule has 1 aliphatic carbocycles. The Bertz CT molecular complexity index is 1400. The number of rotatable bonds is 3. The van der Waals surface area contributed by atoms with Crippen LogP contribution in [-0.2, 0) is 5.41 Å². The Hall–Kier alpha value is -3.63. The van der Waals surface area contributed by atoms with Crippen LogP contribution in [0.3, 0.4) is 0 Å². The van der Waals surface area contributed by atoms with E-state index in [2.05, 4.69) is 43.6 Å². The highest BCUT2D eigenvalue weighted by Crippen LogP contribution is 2.45. The van der Waals surface area contributed by atoms with Crippen LogP contribution in [0.15, 0.2) is 30.3 Å². The monoisotopic (exact) mass is 470 g/mol. The molecule has 2 aliphatic rings. The van der Waals surface area contributed by atoms with E-state index in [1.54, 1.807) is 25.3 Å². The van der Waals surface area contributed by atoms with Crippen molar-refractivity contribution in [2.24, 2.45) is 0 Å². The largest absolute Gasteiger partial charge is 0.496 e. The highest BCUT2D eigenvalue weighted by Gasteiger charge is 2.41. The quantitative estimate of drug-likeness (QED) is 0.623. The molecule has 5 rings (SSSR count). The molecule has 7 heteroatoms. The molecule has 2 aromatic carbocycles. The Morgan fingerprint density at radius 2 is 1.86 bits per heavy atom. The molecule has 0 bridgehead atoms. The molecule has 1 aliphatic heterocycles. The maximum absolute atomic E-state index is 13.8. The van der Waals surface area contributed by atoms with Gasteiger partial charge in [-0.1, -0.05) is 19.9 Å². The minimum atomic E-state index is -0.526. The first-order valence-electron chi connectivity index (χ1n) is 12.0. The Morgan fingerprint density at radius 1 is 1.14 bits per heavy atom. The molecular weight excluding hydrogens is 440 g/mol. The number of ketones is 1. The number of H-pyrrole nitrogens is 1. The SMILES string of the molecule is COc1cc2c(cc1C(=O)N1CCN(C(C)C)CC1)C(=O)c1c([nH]c3cc(C#N)ccc13)C2(C)C. The lowest BCUT2D eigenvalue weighted by atomic mass is 9.70. The van der Waals surface area contributed by atoms with Crippen LogP contribution in [-0.4, -0.2) is 65.8 Å². The van der Waals surface area contributed by atoms with Crippen molar-refractivity contribution in [1.82, 2.24) is 14.8 Å². The predicted octanol–water partition coefficient (Wildman–Crippen LogP) is 4.08. The maximum Gasteiger partial charge on any atom is 0.257 e. The summed E-state index contributed by atoms with van der Waals surface area (Å²) in [5.41, 5.74) is 3.95. The summed E-state index contributed by atoms with van der Waals surface area (Å²) in [6.45, 7) is 11.4. The van der Waals surface area contributed by atoms with Crippen LogP contribution in [0, 0.1) is 11.3 Å². The Labute approximate surface area is 205 Å². The third-order valence-electron chi connectivity index (χ3n) is 7.60. The molecule has 180 valence electrons. The number of methoxy groups -OCH3 is 1. The molecule has 2 heterocycles. The molecular formula is C28H30N4O3. The van der Waals surface area contributed by atoms with Gasteiger partial charge in [-0.25, -0.2) is 0 Å². The third kappa shape index (κ3) is 3.52. The number of piperazine rings is 1. The van der Waals surface area contributed by atoms with Gasteiger partial charge in [-0.15, -0.1) is 0 Å². The number of carbonyl (C=O) groups is 2. The highest BCUT2D eigenvalue weighted by molar-refractivity contribution is 6.20. The molecule has 0 spiro atoms. The van der Waals surface area contributed by atoms with Gasteiger partial charge in [-0.3, -0.25) is 14.5 Å². The predicted molar refractivity (Wildman–Crippen MR) is 134 cm³/mol. The molecule has 0 saturated carbocycles. The lowest BCUT2D eigenvalue weighted by molar-refractivity contribution is 0.0592. The van der Waals surface area contributed by atoms with Crippen molar-refractivity contribution in [2.45, 2.75) is 39.2 Å². The van der Waals surface area contributed by atoms with E-state index in [0.717, 1.165) is 35.2 Å². The van der Waals surface area contributed by atoms with Crippen LogP contribution in [0.4, 0.5) is 0 Å². The zero-order valence-corrected chi connectivity index (χ0v) is 20.9. The second-order valence-corrected chi connectivity index (χ2v) is 10.2. The first-order chi connectivity index (χ1) is 16.7. The Balaban J connectivity index is 1.60. The number of nitriles is 1. The maximum atomic E-state index is 13.8. The number of hydrogen-bond acceptors (Lipinski definition) is 5. The number of benzene rings is 2. The summed E-state index contributed by atoms with van der Waals surface area (Å²) in [4.78, 5) is 35.0. The van der Waals surface area contributed by atoms with E-state index in [9.17, 15) is 14.9 Å². The van der Waals surface area contributed by atoms with Gasteiger partial charge >= 0.3 is 0 Å². The van der Waals surface area contributed by atoms with Gasteiger partial charge in [0.2, 0.25) is 0 Å². The van der Waals surface area contributed by atoms with Crippen molar-refractivity contribution in [3.05, 3.63) is 63.8 Å². The average Bonchev–Trinajstić information content (AvgIpc) is 3.26. The van der Waals surface area contributed by atoms with Crippen molar-refractivity contribution in [2.75, 3.05) is 33.3 Å². The second kappa shape index (κ2) is 8.24. The van der Waals surface area contributed by atoms with Crippen LogP contribution < -0.4 is 4.74 Å². The van der Waals surface area contributed by atoms with E-state index in [-0.39, 0.29) is 11.7 Å². The molecule has 0 unspecified atom stereocenters. The number of aromatic amines is 1. The smallest absolute Gasteiger partial charge is 0.257 e. The fourth-order valence-electron chi connectivity index (χ4n) is 5.47. The number of amides is 1. The van der Waals surface area contributed by atoms with Gasteiger partial charge in [0.15, 0.2) is 5.78 Å². The zero-order valence-electron chi connectivity index (χ0n) is 20.9. The van der Waals surface area contributed by atoms with Gasteiger partial charge in [-0.05, 0) is 43.7 Å². The molecule has 1 saturated heterocycles. The van der Waals surface area contributed by atoms with E-state index >= 15 is 0 Å². The molecule has 1 N–H and O–H groups in total. The summed E-state index contributed by atoms with van der Waals surface area (Å²) in [5, 5.41) is 10.1. The summed E-state index contributed by atoms with van der Waals surface area (Å²) in [7, 11) is 1.56. The normalized spacial score (nSPS) is 17.3. The Kier molecular flexibility index (Phi) is 5.45. The molecule has 0 atom stereocenters. The van der Waals surface area contributed by atoms with E-state index in [0.29, 0.717) is 47.1 Å². The number of fused-ring (bicyclic) bond motifs is 4. The summed E-state index contributed by atoms with van der Waals surface area (Å²) >= 11 is 0.